The summed E-state index contributed by atoms with van der Waals surface area (Å²) >= 11 is 0. The van der Waals surface area contributed by atoms with Crippen LogP contribution in [0.2, 0.25) is 0 Å². The molecule has 96 valence electrons. The lowest BCUT2D eigenvalue weighted by Gasteiger charge is -2.31. The highest BCUT2D eigenvalue weighted by Gasteiger charge is 2.23. The average Bonchev–Trinajstić information content (AvgIpc) is 2.36. The second kappa shape index (κ2) is 4.28. The van der Waals surface area contributed by atoms with Gasteiger partial charge in [-0.2, -0.15) is 0 Å². The van der Waals surface area contributed by atoms with Crippen molar-refractivity contribution in [3.8, 4) is 0 Å². The van der Waals surface area contributed by atoms with Gasteiger partial charge in [-0.3, -0.25) is 4.79 Å². The van der Waals surface area contributed by atoms with E-state index in [9.17, 15) is 9.18 Å². The minimum Gasteiger partial charge on any atom is -0.399 e. The van der Waals surface area contributed by atoms with Crippen LogP contribution in [0.5, 0.6) is 0 Å². The first-order valence-corrected chi connectivity index (χ1v) is 5.86. The average molecular weight is 257 g/mol. The van der Waals surface area contributed by atoms with Crippen LogP contribution in [0.25, 0.3) is 0 Å². The minimum absolute atomic E-state index is 0.137. The number of hydrogen-bond acceptors (Lipinski definition) is 3. The van der Waals surface area contributed by atoms with Gasteiger partial charge in [0.05, 0.1) is 11.4 Å². The Labute approximate surface area is 109 Å². The molecule has 1 aliphatic rings. The van der Waals surface area contributed by atoms with E-state index in [4.69, 9.17) is 5.73 Å². The van der Waals surface area contributed by atoms with Gasteiger partial charge in [-0.05, 0) is 30.3 Å². The third-order valence-corrected chi connectivity index (χ3v) is 2.99. The Morgan fingerprint density at radius 2 is 2.00 bits per heavy atom. The van der Waals surface area contributed by atoms with E-state index in [1.807, 2.05) is 24.3 Å². The molecule has 2 aromatic rings. The molecule has 5 heteroatoms. The first-order valence-electron chi connectivity index (χ1n) is 5.86. The molecule has 0 fully saturated rings. The van der Waals surface area contributed by atoms with Crippen LogP contribution in [0.4, 0.5) is 27.1 Å². The fourth-order valence-electron chi connectivity index (χ4n) is 2.22. The van der Waals surface area contributed by atoms with Crippen molar-refractivity contribution in [1.82, 2.24) is 0 Å². The third-order valence-electron chi connectivity index (χ3n) is 2.99. The second-order valence-electron chi connectivity index (χ2n) is 4.39. The zero-order chi connectivity index (χ0) is 13.4. The fraction of sp³-hybridized carbons (Fsp3) is 0.0714. The van der Waals surface area contributed by atoms with E-state index in [0.29, 0.717) is 17.1 Å². The quantitative estimate of drug-likeness (QED) is 0.772. The first kappa shape index (κ1) is 11.5. The van der Waals surface area contributed by atoms with Crippen LogP contribution in [0, 0.1) is 5.82 Å². The number of benzene rings is 2. The van der Waals surface area contributed by atoms with Crippen molar-refractivity contribution < 1.29 is 9.18 Å². The summed E-state index contributed by atoms with van der Waals surface area (Å²) in [6, 6.07) is 11.6. The summed E-state index contributed by atoms with van der Waals surface area (Å²) in [5.41, 5.74) is 8.09. The Balaban J connectivity index is 2.12. The van der Waals surface area contributed by atoms with Crippen molar-refractivity contribution in [2.24, 2.45) is 0 Å². The van der Waals surface area contributed by atoms with Crippen molar-refractivity contribution >= 4 is 28.7 Å². The van der Waals surface area contributed by atoms with E-state index in [1.54, 1.807) is 11.0 Å². The van der Waals surface area contributed by atoms with Crippen LogP contribution >= 0.6 is 0 Å². The van der Waals surface area contributed by atoms with Crippen LogP contribution in [0.1, 0.15) is 0 Å². The topological polar surface area (TPSA) is 58.4 Å². The van der Waals surface area contributed by atoms with E-state index >= 15 is 0 Å². The van der Waals surface area contributed by atoms with Gasteiger partial charge >= 0.3 is 0 Å². The van der Waals surface area contributed by atoms with E-state index in [-0.39, 0.29) is 12.5 Å². The van der Waals surface area contributed by atoms with Gasteiger partial charge in [0.2, 0.25) is 5.91 Å². The molecule has 3 rings (SSSR count). The molecule has 0 bridgehead atoms. The van der Waals surface area contributed by atoms with E-state index in [0.717, 1.165) is 5.69 Å². The molecular formula is C14H12FN3O. The monoisotopic (exact) mass is 257 g/mol. The summed E-state index contributed by atoms with van der Waals surface area (Å²) in [5, 5.41) is 2.78. The molecule has 0 spiro atoms. The number of nitrogens with two attached hydrogens (primary N) is 1. The number of anilines is 4. The molecule has 0 saturated carbocycles. The molecule has 19 heavy (non-hydrogen) atoms. The van der Waals surface area contributed by atoms with Crippen LogP contribution < -0.4 is 16.0 Å². The maximum absolute atomic E-state index is 13.4. The van der Waals surface area contributed by atoms with Crippen molar-refractivity contribution in [2.45, 2.75) is 0 Å². The summed E-state index contributed by atoms with van der Waals surface area (Å²) in [6.07, 6.45) is 0. The van der Waals surface area contributed by atoms with Gasteiger partial charge < -0.3 is 16.0 Å². The van der Waals surface area contributed by atoms with Crippen molar-refractivity contribution in [2.75, 3.05) is 22.5 Å². The number of fused-ring (bicyclic) bond motifs is 1. The summed E-state index contributed by atoms with van der Waals surface area (Å²) in [4.78, 5) is 13.4. The molecule has 0 aliphatic carbocycles. The van der Waals surface area contributed by atoms with Gasteiger partial charge in [0, 0.05) is 11.4 Å². The minimum atomic E-state index is -0.418. The SMILES string of the molecule is Nc1cc(F)cc(N2CC(=O)Nc3ccccc32)c1. The predicted octanol–water partition coefficient (Wildman–Crippen LogP) is 2.50. The highest BCUT2D eigenvalue weighted by atomic mass is 19.1. The number of nitrogens with one attached hydrogen (secondary N) is 1. The molecule has 4 nitrogen and oxygen atoms in total. The lowest BCUT2D eigenvalue weighted by Crippen LogP contribution is -2.35. The Kier molecular flexibility index (Phi) is 2.59. The number of carbonyl (C=O) groups is 1. The van der Waals surface area contributed by atoms with Gasteiger partial charge in [-0.1, -0.05) is 12.1 Å². The van der Waals surface area contributed by atoms with Crippen LogP contribution in [-0.2, 0) is 4.79 Å². The predicted molar refractivity (Wildman–Crippen MR) is 72.9 cm³/mol. The Morgan fingerprint density at radius 1 is 1.21 bits per heavy atom. The van der Waals surface area contributed by atoms with Gasteiger partial charge in [0.1, 0.15) is 12.4 Å². The standard InChI is InChI=1S/C14H12FN3O/c15-9-5-10(16)7-11(6-9)18-8-14(19)17-12-3-1-2-4-13(12)18/h1-7H,8,16H2,(H,17,19). The summed E-state index contributed by atoms with van der Waals surface area (Å²) in [5.74, 6) is -0.556. The third kappa shape index (κ3) is 2.10. The van der Waals surface area contributed by atoms with Crippen LogP contribution in [0.3, 0.4) is 0 Å². The number of nitrogens with zero attached hydrogens (tertiary/aromatic N) is 1. The second-order valence-corrected chi connectivity index (χ2v) is 4.39. The summed E-state index contributed by atoms with van der Waals surface area (Å²) in [7, 11) is 0. The number of nitrogen functional groups attached to an aromatic ring is 1. The molecule has 0 radical (unpaired) electrons. The largest absolute Gasteiger partial charge is 0.399 e. The van der Waals surface area contributed by atoms with Gasteiger partial charge in [-0.25, -0.2) is 4.39 Å². The maximum Gasteiger partial charge on any atom is 0.244 e. The molecule has 1 amide bonds. The highest BCUT2D eigenvalue weighted by molar-refractivity contribution is 6.03. The highest BCUT2D eigenvalue weighted by Crippen LogP contribution is 2.35. The zero-order valence-corrected chi connectivity index (χ0v) is 10.1. The molecule has 0 unspecified atom stereocenters. The van der Waals surface area contributed by atoms with Crippen molar-refractivity contribution in [3.63, 3.8) is 0 Å². The molecule has 3 N–H and O–H groups in total. The number of hydrogen-bond donors (Lipinski definition) is 2. The lowest BCUT2D eigenvalue weighted by molar-refractivity contribution is -0.115. The van der Waals surface area contributed by atoms with E-state index in [2.05, 4.69) is 5.32 Å². The number of amides is 1. The first-order chi connectivity index (χ1) is 9.13. The molecule has 0 aromatic heterocycles. The molecule has 2 aromatic carbocycles. The smallest absolute Gasteiger partial charge is 0.244 e. The van der Waals surface area contributed by atoms with Gasteiger partial charge in [0.15, 0.2) is 0 Å². The Hall–Kier alpha value is -2.56. The van der Waals surface area contributed by atoms with Gasteiger partial charge in [0.25, 0.3) is 0 Å². The Morgan fingerprint density at radius 3 is 2.79 bits per heavy atom. The number of rotatable bonds is 1. The maximum atomic E-state index is 13.4. The summed E-state index contributed by atoms with van der Waals surface area (Å²) < 4.78 is 13.4. The van der Waals surface area contributed by atoms with Crippen LogP contribution in [0.15, 0.2) is 42.5 Å². The van der Waals surface area contributed by atoms with E-state index in [1.165, 1.54) is 12.1 Å². The van der Waals surface area contributed by atoms with Gasteiger partial charge in [-0.15, -0.1) is 0 Å². The molecule has 0 atom stereocenters. The molecule has 0 saturated heterocycles. The Bertz CT molecular complexity index is 637. The lowest BCUT2D eigenvalue weighted by atomic mass is 10.1. The van der Waals surface area contributed by atoms with Crippen molar-refractivity contribution in [3.05, 3.63) is 48.3 Å². The number of halogens is 1. The van der Waals surface area contributed by atoms with Crippen LogP contribution in [-0.4, -0.2) is 12.5 Å². The number of para-hydroxylation sites is 2. The molecular weight excluding hydrogens is 245 g/mol. The van der Waals surface area contributed by atoms with Crippen molar-refractivity contribution in [1.29, 1.82) is 0 Å². The molecule has 1 aliphatic heterocycles. The zero-order valence-electron chi connectivity index (χ0n) is 10.1. The normalized spacial score (nSPS) is 13.9. The number of carbonyl (C=O) groups excluding carboxylic acids is 1. The van der Waals surface area contributed by atoms with E-state index < -0.39 is 5.82 Å². The molecule has 1 heterocycles. The fourth-order valence-corrected chi connectivity index (χ4v) is 2.22. The summed E-state index contributed by atoms with van der Waals surface area (Å²) in [6.45, 7) is 0.139.